The Morgan fingerprint density at radius 2 is 1.17 bits per heavy atom. The number of halogens is 1. The van der Waals surface area contributed by atoms with Gasteiger partial charge in [0, 0.05) is 28.2 Å². The Morgan fingerprint density at radius 3 is 1.51 bits per heavy atom. The third-order valence-electron chi connectivity index (χ3n) is 3.38. The van der Waals surface area contributed by atoms with Gasteiger partial charge in [0.2, 0.25) is 0 Å². The lowest BCUT2D eigenvalue weighted by Gasteiger charge is -2.15. The van der Waals surface area contributed by atoms with Crippen molar-refractivity contribution in [3.8, 4) is 0 Å². The van der Waals surface area contributed by atoms with Gasteiger partial charge in [-0.1, -0.05) is 34.0 Å². The van der Waals surface area contributed by atoms with Gasteiger partial charge in [0.25, 0.3) is 23.3 Å². The number of para-hydroxylation sites is 2. The monoisotopic (exact) mass is 584 g/mol. The maximum atomic E-state index is 10.1. The maximum absolute atomic E-state index is 10.1. The average Bonchev–Trinajstić information content (AvgIpc) is 3.37. The van der Waals surface area contributed by atoms with Gasteiger partial charge in [-0.15, -0.1) is 10.2 Å². The summed E-state index contributed by atoms with van der Waals surface area (Å²) in [5.74, 6) is 0. The molecule has 2 aromatic heterocycles. The molecule has 2 unspecified atom stereocenters. The first-order chi connectivity index (χ1) is 16.5. The standard InChI is InChI=1S/2C8H11N4OPS.FH2O3P/c2*1-11(2)14-15-13-12-8-6-4-3-5-7(8)9-10-12;1-5(2,3)4/h2*3-6,14H,1-2H3;(H2,2,3,4). The molecule has 4 aromatic rings. The largest absolute Gasteiger partial charge is 0.786 e. The molecule has 0 aliphatic carbocycles. The zero-order chi connectivity index (χ0) is 25.8. The molecule has 2 heterocycles. The second kappa shape index (κ2) is 14.8. The molecule has 0 radical (unpaired) electrons. The van der Waals surface area contributed by atoms with Gasteiger partial charge in [-0.2, -0.15) is 9.34 Å². The van der Waals surface area contributed by atoms with Gasteiger partial charge in [-0.05, 0) is 34.7 Å². The molecule has 4 rings (SSSR count). The normalized spacial score (nSPS) is 11.9. The van der Waals surface area contributed by atoms with Crippen molar-refractivity contribution < 1.29 is 27.1 Å². The van der Waals surface area contributed by atoms with Gasteiger partial charge in [0.05, 0.1) is 0 Å². The first-order valence-electron chi connectivity index (χ1n) is 9.54. The summed E-state index contributed by atoms with van der Waals surface area (Å²) in [4.78, 5) is 19.8. The van der Waals surface area contributed by atoms with Crippen LogP contribution in [0.4, 0.5) is 4.20 Å². The van der Waals surface area contributed by atoms with Crippen LogP contribution in [0.5, 0.6) is 0 Å². The van der Waals surface area contributed by atoms with Crippen molar-refractivity contribution in [2.45, 2.75) is 0 Å². The van der Waals surface area contributed by atoms with E-state index in [4.69, 9.17) is 22.9 Å². The van der Waals surface area contributed by atoms with E-state index in [2.05, 4.69) is 30.0 Å². The highest BCUT2D eigenvalue weighted by Gasteiger charge is 2.08. The van der Waals surface area contributed by atoms with Crippen LogP contribution in [0.3, 0.4) is 0 Å². The summed E-state index contributed by atoms with van der Waals surface area (Å²) in [5, 5.41) is 15.8. The summed E-state index contributed by atoms with van der Waals surface area (Å²) in [5.41, 5.74) is 3.47. The molecule has 0 N–H and O–H groups in total. The lowest BCUT2D eigenvalue weighted by atomic mass is 10.3. The van der Waals surface area contributed by atoms with Crippen LogP contribution in [-0.4, -0.2) is 67.8 Å². The Hall–Kier alpha value is -1.60. The van der Waals surface area contributed by atoms with Crippen LogP contribution < -0.4 is 18.4 Å². The van der Waals surface area contributed by atoms with Crippen molar-refractivity contribution in [2.24, 2.45) is 0 Å². The minimum absolute atomic E-state index is 0.0668. The summed E-state index contributed by atoms with van der Waals surface area (Å²) >= 11 is 2.81. The predicted molar refractivity (Wildman–Crippen MR) is 139 cm³/mol. The zero-order valence-corrected chi connectivity index (χ0v) is 23.9. The Morgan fingerprint density at radius 1 is 0.829 bits per heavy atom. The van der Waals surface area contributed by atoms with E-state index in [0.29, 0.717) is 0 Å². The SMILES string of the molecule is CN(C)[PH2+]SOn1nnc2ccccc21.CN(C)[PH2+]SOn1nnc2ccccc21.O=P([O-])([O-])F. The number of rotatable bonds is 8. The Kier molecular flexibility index (Phi) is 12.6. The van der Waals surface area contributed by atoms with Crippen molar-refractivity contribution in [1.82, 2.24) is 39.7 Å². The number of hydrogen-bond donors (Lipinski definition) is 0. The van der Waals surface area contributed by atoms with E-state index >= 15 is 0 Å². The predicted octanol–water partition coefficient (Wildman–Crippen LogP) is 1.41. The van der Waals surface area contributed by atoms with Crippen LogP contribution in [0.1, 0.15) is 0 Å². The quantitative estimate of drug-likeness (QED) is 0.217. The highest BCUT2D eigenvalue weighted by atomic mass is 32.7. The molecular formula is C16H24FN8O5P3S2. The van der Waals surface area contributed by atoms with Crippen molar-refractivity contribution in [3.05, 3.63) is 48.5 Å². The van der Waals surface area contributed by atoms with E-state index < -0.39 is 7.91 Å². The molecule has 0 spiro atoms. The average molecular weight is 584 g/mol. The van der Waals surface area contributed by atoms with Crippen molar-refractivity contribution >= 4 is 69.2 Å². The lowest BCUT2D eigenvalue weighted by molar-refractivity contribution is -0.328. The molecular weight excluding hydrogens is 560 g/mol. The third kappa shape index (κ3) is 11.8. The van der Waals surface area contributed by atoms with Crippen molar-refractivity contribution in [1.29, 1.82) is 0 Å². The Labute approximate surface area is 212 Å². The first kappa shape index (κ1) is 29.6. The van der Waals surface area contributed by atoms with Gasteiger partial charge in [-0.3, -0.25) is 8.57 Å². The molecule has 0 fully saturated rings. The molecule has 0 saturated heterocycles. The summed E-state index contributed by atoms with van der Waals surface area (Å²) in [6.07, 6.45) is 0. The summed E-state index contributed by atoms with van der Waals surface area (Å²) in [7, 11) is 2.57. The summed E-state index contributed by atoms with van der Waals surface area (Å²) in [6.45, 7) is 0. The highest BCUT2D eigenvalue weighted by Crippen LogP contribution is 2.30. The summed E-state index contributed by atoms with van der Waals surface area (Å²) < 4.78 is 33.6. The van der Waals surface area contributed by atoms with Crippen molar-refractivity contribution in [3.63, 3.8) is 0 Å². The van der Waals surface area contributed by atoms with Crippen LogP contribution in [0.2, 0.25) is 0 Å². The van der Waals surface area contributed by atoms with Crippen LogP contribution in [0.15, 0.2) is 48.5 Å². The molecule has 0 amide bonds. The summed E-state index contributed by atoms with van der Waals surface area (Å²) in [6, 6.07) is 15.4. The van der Waals surface area contributed by atoms with Gasteiger partial charge in [-0.25, -0.2) is 4.20 Å². The van der Waals surface area contributed by atoms with E-state index in [1.54, 1.807) is 0 Å². The van der Waals surface area contributed by atoms with Crippen LogP contribution in [0.25, 0.3) is 22.1 Å². The fourth-order valence-corrected chi connectivity index (χ4v) is 4.65. The number of hydrogen-bond acceptors (Lipinski definition) is 13. The Bertz CT molecular complexity index is 1140. The van der Waals surface area contributed by atoms with E-state index in [9.17, 15) is 4.20 Å². The number of benzene rings is 2. The highest BCUT2D eigenvalue weighted by molar-refractivity contribution is 8.46. The molecule has 0 aliphatic rings. The van der Waals surface area contributed by atoms with E-state index in [1.807, 2.05) is 76.7 Å². The van der Waals surface area contributed by atoms with E-state index in [-0.39, 0.29) is 15.9 Å². The number of aromatic nitrogens is 6. The van der Waals surface area contributed by atoms with Gasteiger partial charge >= 0.3 is 0 Å². The molecule has 19 heteroatoms. The van der Waals surface area contributed by atoms with Gasteiger partial charge < -0.3 is 14.4 Å². The number of nitrogens with zero attached hydrogens (tertiary/aromatic N) is 8. The van der Waals surface area contributed by atoms with E-state index in [0.717, 1.165) is 22.1 Å². The van der Waals surface area contributed by atoms with Crippen molar-refractivity contribution in [2.75, 3.05) is 28.2 Å². The minimum Gasteiger partial charge on any atom is -0.786 e. The van der Waals surface area contributed by atoms with Gasteiger partial charge in [0.1, 0.15) is 30.0 Å². The topological polar surface area (TPSA) is 150 Å². The van der Waals surface area contributed by atoms with Crippen LogP contribution >= 0.6 is 47.1 Å². The fourth-order valence-electron chi connectivity index (χ4n) is 2.10. The first-order valence-corrected chi connectivity index (χ1v) is 16.4. The molecule has 35 heavy (non-hydrogen) atoms. The minimum atomic E-state index is -5.64. The van der Waals surface area contributed by atoms with E-state index in [1.165, 1.54) is 33.0 Å². The second-order valence-electron chi connectivity index (χ2n) is 6.81. The number of fused-ring (bicyclic) bond motifs is 2. The molecule has 0 bridgehead atoms. The van der Waals surface area contributed by atoms with Crippen LogP contribution in [-0.2, 0) is 4.57 Å². The fraction of sp³-hybridized carbons (Fsp3) is 0.250. The van der Waals surface area contributed by atoms with Crippen LogP contribution in [0, 0.1) is 0 Å². The molecule has 0 aliphatic heterocycles. The third-order valence-corrected chi connectivity index (χ3v) is 8.41. The molecule has 0 saturated carbocycles. The molecule has 13 nitrogen and oxygen atoms in total. The zero-order valence-electron chi connectivity index (χ0n) is 19.0. The molecule has 192 valence electrons. The van der Waals surface area contributed by atoms with Gasteiger partial charge in [0.15, 0.2) is 15.9 Å². The Balaban J connectivity index is 0.000000208. The molecule has 2 aromatic carbocycles. The lowest BCUT2D eigenvalue weighted by Crippen LogP contribution is -2.07. The maximum Gasteiger partial charge on any atom is 0.277 e. The second-order valence-corrected chi connectivity index (χ2v) is 13.3. The smallest absolute Gasteiger partial charge is 0.277 e. The molecule has 2 atom stereocenters.